The van der Waals surface area contributed by atoms with Gasteiger partial charge in [-0.2, -0.15) is 0 Å². The van der Waals surface area contributed by atoms with Gasteiger partial charge in [0.15, 0.2) is 0 Å². The van der Waals surface area contributed by atoms with Crippen LogP contribution in [-0.4, -0.2) is 0 Å². The molecule has 0 bridgehead atoms. The van der Waals surface area contributed by atoms with Crippen LogP contribution in [0.4, 0.5) is 0 Å². The van der Waals surface area contributed by atoms with Crippen LogP contribution < -0.4 is 0 Å². The van der Waals surface area contributed by atoms with Crippen LogP contribution in [0, 0.1) is 0 Å². The Morgan fingerprint density at radius 1 is 0.375 bits per heavy atom. The van der Waals surface area contributed by atoms with E-state index in [2.05, 4.69) is 55.4 Å². The van der Waals surface area contributed by atoms with Crippen molar-refractivity contribution < 1.29 is 0 Å². The first-order valence-electron chi connectivity index (χ1n) is 6.66. The molecule has 0 radical (unpaired) electrons. The Balaban J connectivity index is -0.0000000202. The van der Waals surface area contributed by atoms with Crippen LogP contribution in [0.15, 0.2) is 0 Å². The SMILES string of the molecule is C.C.CCC.CCC.CCCC.CCCC. The highest BCUT2D eigenvalue weighted by Gasteiger charge is 1.56. The molecule has 0 amide bonds. The molecule has 0 aromatic rings. The van der Waals surface area contributed by atoms with Crippen LogP contribution in [-0.2, 0) is 0 Å². The lowest BCUT2D eigenvalue weighted by atomic mass is 10.4. The number of unbranched alkanes of at least 4 members (excludes halogenated alkanes) is 2. The highest BCUT2D eigenvalue weighted by atomic mass is 13.6. The predicted octanol–water partition coefficient (Wildman–Crippen LogP) is 7.72. The van der Waals surface area contributed by atoms with Crippen LogP contribution in [0.5, 0.6) is 0 Å². The zero-order valence-electron chi connectivity index (χ0n) is 12.2. The summed E-state index contributed by atoms with van der Waals surface area (Å²) in [4.78, 5) is 0. The number of rotatable bonds is 2. The van der Waals surface area contributed by atoms with Crippen molar-refractivity contribution in [1.82, 2.24) is 0 Å². The molecule has 0 aliphatic rings. The van der Waals surface area contributed by atoms with Crippen molar-refractivity contribution in [2.24, 2.45) is 0 Å². The largest absolute Gasteiger partial charge is 0.0776 e. The summed E-state index contributed by atoms with van der Waals surface area (Å²) in [7, 11) is 0. The van der Waals surface area contributed by atoms with Crippen LogP contribution in [0.1, 0.15) is 109 Å². The Bertz CT molecular complexity index is 21.0. The van der Waals surface area contributed by atoms with Gasteiger partial charge in [0, 0.05) is 0 Å². The molecular formula is C16H44. The molecule has 0 saturated carbocycles. The third kappa shape index (κ3) is 592. The third-order valence-electron chi connectivity index (χ3n) is 1.000. The first-order valence-corrected chi connectivity index (χ1v) is 6.66. The monoisotopic (exact) mass is 236 g/mol. The van der Waals surface area contributed by atoms with Gasteiger partial charge in [0.1, 0.15) is 0 Å². The van der Waals surface area contributed by atoms with E-state index in [1.807, 2.05) is 0 Å². The topological polar surface area (TPSA) is 0 Å². The van der Waals surface area contributed by atoms with E-state index in [-0.39, 0.29) is 14.9 Å². The fourth-order valence-corrected chi connectivity index (χ4v) is 0. The Morgan fingerprint density at radius 2 is 0.438 bits per heavy atom. The lowest BCUT2D eigenvalue weighted by molar-refractivity contribution is 0.886. The van der Waals surface area contributed by atoms with E-state index in [1.54, 1.807) is 0 Å². The second-order valence-corrected chi connectivity index (χ2v) is 3.41. The second-order valence-electron chi connectivity index (χ2n) is 3.41. The summed E-state index contributed by atoms with van der Waals surface area (Å²) in [5, 5.41) is 0. The first kappa shape index (κ1) is 36.0. The van der Waals surface area contributed by atoms with Gasteiger partial charge in [0.05, 0.1) is 0 Å². The van der Waals surface area contributed by atoms with Crippen molar-refractivity contribution in [3.8, 4) is 0 Å². The van der Waals surface area contributed by atoms with Gasteiger partial charge in [0.2, 0.25) is 0 Å². The Kier molecular flexibility index (Phi) is 184. The minimum absolute atomic E-state index is 0. The number of hydrogen-bond acceptors (Lipinski definition) is 0. The second kappa shape index (κ2) is 81.7. The van der Waals surface area contributed by atoms with Crippen molar-refractivity contribution in [2.75, 3.05) is 0 Å². The van der Waals surface area contributed by atoms with Gasteiger partial charge in [-0.1, -0.05) is 109 Å². The molecular weight excluding hydrogens is 192 g/mol. The molecule has 0 rings (SSSR count). The van der Waals surface area contributed by atoms with E-state index in [4.69, 9.17) is 0 Å². The average Bonchev–Trinajstić information content (AvgIpc) is 2.20. The molecule has 16 heavy (non-hydrogen) atoms. The van der Waals surface area contributed by atoms with Crippen LogP contribution in [0.3, 0.4) is 0 Å². The molecule has 0 heteroatoms. The van der Waals surface area contributed by atoms with Crippen molar-refractivity contribution >= 4 is 0 Å². The summed E-state index contributed by atoms with van der Waals surface area (Å²) in [5.41, 5.74) is 0. The Hall–Kier alpha value is 0. The molecule has 0 saturated heterocycles. The van der Waals surface area contributed by atoms with E-state index in [0.717, 1.165) is 0 Å². The van der Waals surface area contributed by atoms with Crippen molar-refractivity contribution in [3.63, 3.8) is 0 Å². The lowest BCUT2D eigenvalue weighted by Crippen LogP contribution is -1.47. The summed E-state index contributed by atoms with van der Waals surface area (Å²) in [5.74, 6) is 0. The van der Waals surface area contributed by atoms with E-state index in [9.17, 15) is 0 Å². The molecule has 0 aliphatic carbocycles. The molecule has 0 fully saturated rings. The normalized spacial score (nSPS) is 6.00. The summed E-state index contributed by atoms with van der Waals surface area (Å²) in [6.45, 7) is 17.2. The van der Waals surface area contributed by atoms with Gasteiger partial charge >= 0.3 is 0 Å². The maximum Gasteiger partial charge on any atom is -0.0564 e. The average molecular weight is 237 g/mol. The van der Waals surface area contributed by atoms with E-state index in [1.165, 1.54) is 38.5 Å². The maximum atomic E-state index is 2.18. The molecule has 0 heterocycles. The van der Waals surface area contributed by atoms with Crippen LogP contribution in [0.25, 0.3) is 0 Å². The molecule has 0 atom stereocenters. The maximum absolute atomic E-state index is 2.18. The van der Waals surface area contributed by atoms with Gasteiger partial charge in [0.25, 0.3) is 0 Å². The zero-order chi connectivity index (χ0) is 12.2. The third-order valence-corrected chi connectivity index (χ3v) is 1.000. The molecule has 0 aromatic heterocycles. The quantitative estimate of drug-likeness (QED) is 0.460. The summed E-state index contributed by atoms with van der Waals surface area (Å²) >= 11 is 0. The van der Waals surface area contributed by atoms with Crippen molar-refractivity contribution in [1.29, 1.82) is 0 Å². The van der Waals surface area contributed by atoms with Crippen LogP contribution >= 0.6 is 0 Å². The van der Waals surface area contributed by atoms with E-state index in [0.29, 0.717) is 0 Å². The minimum atomic E-state index is 0. The van der Waals surface area contributed by atoms with E-state index >= 15 is 0 Å². The van der Waals surface area contributed by atoms with Gasteiger partial charge in [-0.15, -0.1) is 0 Å². The number of hydrogen-bond donors (Lipinski definition) is 0. The summed E-state index contributed by atoms with van der Waals surface area (Å²) in [6.07, 6.45) is 7.78. The highest BCUT2D eigenvalue weighted by Crippen LogP contribution is 1.77. The minimum Gasteiger partial charge on any atom is -0.0776 e. The molecule has 0 aliphatic heterocycles. The summed E-state index contributed by atoms with van der Waals surface area (Å²) in [6, 6.07) is 0. The highest BCUT2D eigenvalue weighted by molar-refractivity contribution is 4.13. The van der Waals surface area contributed by atoms with Gasteiger partial charge in [-0.25, -0.2) is 0 Å². The van der Waals surface area contributed by atoms with E-state index < -0.39 is 0 Å². The Morgan fingerprint density at radius 3 is 0.438 bits per heavy atom. The van der Waals surface area contributed by atoms with Gasteiger partial charge in [-0.3, -0.25) is 0 Å². The molecule has 0 aromatic carbocycles. The molecule has 108 valence electrons. The zero-order valence-corrected chi connectivity index (χ0v) is 12.2. The molecule has 0 spiro atoms. The van der Waals surface area contributed by atoms with Crippen molar-refractivity contribution in [2.45, 2.75) is 109 Å². The molecule has 0 unspecified atom stereocenters. The Labute approximate surface area is 109 Å². The van der Waals surface area contributed by atoms with Crippen LogP contribution in [0.2, 0.25) is 0 Å². The standard InChI is InChI=1S/2C4H10.2C3H8.2CH4/c2*1-3-4-2;2*1-3-2;;/h2*3-4H2,1-2H3;2*3H2,1-2H3;2*1H4. The first-order chi connectivity index (χ1) is 6.66. The van der Waals surface area contributed by atoms with Gasteiger partial charge < -0.3 is 0 Å². The molecule has 0 N–H and O–H groups in total. The lowest BCUT2D eigenvalue weighted by Gasteiger charge is -1.68. The van der Waals surface area contributed by atoms with Gasteiger partial charge in [-0.05, 0) is 0 Å². The van der Waals surface area contributed by atoms with Crippen molar-refractivity contribution in [3.05, 3.63) is 0 Å². The smallest absolute Gasteiger partial charge is 0.0564 e. The fraction of sp³-hybridized carbons (Fsp3) is 1.00. The fourth-order valence-electron chi connectivity index (χ4n) is 0. The predicted molar refractivity (Wildman–Crippen MR) is 86.6 cm³/mol. The molecule has 0 nitrogen and oxygen atoms in total. The summed E-state index contributed by atoms with van der Waals surface area (Å²) < 4.78 is 0.